The molecular weight excluding hydrogens is 738 g/mol. The Kier molecular flexibility index (Phi) is 7.91. The van der Waals surface area contributed by atoms with Crippen molar-refractivity contribution < 1.29 is 13.2 Å². The Bertz CT molecular complexity index is 3360. The molecule has 0 unspecified atom stereocenters. The molecule has 0 fully saturated rings. The molecular formula is C52H31F3N4. The number of nitrogens with zero attached hydrogens (tertiary/aromatic N) is 4. The molecule has 0 saturated heterocycles. The molecule has 11 aromatic rings. The second kappa shape index (κ2) is 13.5. The first-order chi connectivity index (χ1) is 28.9. The van der Waals surface area contributed by atoms with Gasteiger partial charge in [-0.1, -0.05) is 146 Å². The fraction of sp³-hybridized carbons (Fsp3) is 0.0192. The quantitative estimate of drug-likeness (QED) is 0.164. The van der Waals surface area contributed by atoms with Crippen molar-refractivity contribution >= 4 is 54.5 Å². The fourth-order valence-corrected chi connectivity index (χ4v) is 8.54. The average Bonchev–Trinajstić information content (AvgIpc) is 3.62. The summed E-state index contributed by atoms with van der Waals surface area (Å²) in [4.78, 5) is 15.2. The molecule has 11 rings (SSSR count). The van der Waals surface area contributed by atoms with Gasteiger partial charge >= 0.3 is 6.18 Å². The number of fused-ring (bicyclic) bond motifs is 8. The van der Waals surface area contributed by atoms with Crippen LogP contribution in [0.4, 0.5) is 13.2 Å². The minimum absolute atomic E-state index is 0.0108. The summed E-state index contributed by atoms with van der Waals surface area (Å²) in [6, 6.07) is 60.2. The molecule has 3 aromatic heterocycles. The Labute approximate surface area is 336 Å². The van der Waals surface area contributed by atoms with E-state index in [4.69, 9.17) is 15.0 Å². The van der Waals surface area contributed by atoms with Gasteiger partial charge in [0.25, 0.3) is 0 Å². The van der Waals surface area contributed by atoms with E-state index < -0.39 is 11.7 Å². The molecule has 0 saturated carbocycles. The van der Waals surface area contributed by atoms with Crippen molar-refractivity contribution in [3.63, 3.8) is 0 Å². The zero-order valence-electron chi connectivity index (χ0n) is 31.3. The standard InChI is InChI=1S/C52H31F3N4/c53-52(54,55)41-31-43-51(58-50(34-16-5-2-6-17-34)49(57-43)33-14-3-1-4-15-33)46-40-22-7-10-23-42(40)56-48(47(41)46)36-19-13-18-35(30-36)32-26-28-37(29-27-32)59-44-24-11-8-20-38(44)39-21-9-12-25-45(39)59/h1-31H. The van der Waals surface area contributed by atoms with Crippen molar-refractivity contribution in [2.45, 2.75) is 6.18 Å². The zero-order chi connectivity index (χ0) is 39.7. The van der Waals surface area contributed by atoms with Crippen LogP contribution in [0, 0.1) is 0 Å². The minimum Gasteiger partial charge on any atom is -0.309 e. The number of pyridine rings is 1. The molecule has 0 aliphatic rings. The number of halogens is 3. The summed E-state index contributed by atoms with van der Waals surface area (Å²) in [6.07, 6.45) is -4.72. The molecule has 4 nitrogen and oxygen atoms in total. The van der Waals surface area contributed by atoms with E-state index in [1.807, 2.05) is 121 Å². The maximum absolute atomic E-state index is 15.5. The van der Waals surface area contributed by atoms with Crippen LogP contribution in [-0.2, 0) is 6.18 Å². The van der Waals surface area contributed by atoms with Crippen LogP contribution in [0.25, 0.3) is 105 Å². The molecule has 0 N–H and O–H groups in total. The van der Waals surface area contributed by atoms with E-state index in [9.17, 15) is 0 Å². The van der Waals surface area contributed by atoms with Crippen LogP contribution in [0.1, 0.15) is 5.56 Å². The molecule has 3 heterocycles. The lowest BCUT2D eigenvalue weighted by Crippen LogP contribution is -2.09. The van der Waals surface area contributed by atoms with Crippen LogP contribution >= 0.6 is 0 Å². The monoisotopic (exact) mass is 768 g/mol. The number of aromatic nitrogens is 4. The van der Waals surface area contributed by atoms with E-state index in [0.29, 0.717) is 38.8 Å². The highest BCUT2D eigenvalue weighted by Gasteiger charge is 2.36. The van der Waals surface area contributed by atoms with E-state index >= 15 is 13.2 Å². The average molecular weight is 769 g/mol. The van der Waals surface area contributed by atoms with Crippen molar-refractivity contribution in [2.75, 3.05) is 0 Å². The van der Waals surface area contributed by atoms with Gasteiger partial charge in [-0.3, -0.25) is 0 Å². The summed E-state index contributed by atoms with van der Waals surface area (Å²) in [5, 5.41) is 3.28. The van der Waals surface area contributed by atoms with Crippen molar-refractivity contribution in [1.82, 2.24) is 19.5 Å². The largest absolute Gasteiger partial charge is 0.417 e. The fourth-order valence-electron chi connectivity index (χ4n) is 8.54. The first kappa shape index (κ1) is 34.6. The van der Waals surface area contributed by atoms with Crippen LogP contribution in [0.3, 0.4) is 0 Å². The summed E-state index contributed by atoms with van der Waals surface area (Å²) in [5.41, 5.74) is 8.75. The Hall–Kier alpha value is -7.64. The lowest BCUT2D eigenvalue weighted by atomic mass is 9.92. The number of para-hydroxylation sites is 3. The third-order valence-electron chi connectivity index (χ3n) is 11.2. The van der Waals surface area contributed by atoms with Crippen LogP contribution in [-0.4, -0.2) is 19.5 Å². The van der Waals surface area contributed by atoms with Crippen LogP contribution in [0.5, 0.6) is 0 Å². The third kappa shape index (κ3) is 5.73. The molecule has 7 heteroatoms. The number of rotatable bonds is 5. The molecule has 0 spiro atoms. The summed E-state index contributed by atoms with van der Waals surface area (Å²) in [7, 11) is 0. The van der Waals surface area contributed by atoms with Crippen molar-refractivity contribution in [2.24, 2.45) is 0 Å². The maximum Gasteiger partial charge on any atom is 0.417 e. The summed E-state index contributed by atoms with van der Waals surface area (Å²) < 4.78 is 48.8. The van der Waals surface area contributed by atoms with Crippen molar-refractivity contribution in [1.29, 1.82) is 0 Å². The smallest absolute Gasteiger partial charge is 0.309 e. The van der Waals surface area contributed by atoms with Gasteiger partial charge in [0.1, 0.15) is 0 Å². The number of hydrogen-bond acceptors (Lipinski definition) is 3. The maximum atomic E-state index is 15.5. The lowest BCUT2D eigenvalue weighted by Gasteiger charge is -2.19. The molecule has 0 aliphatic heterocycles. The second-order valence-corrected chi connectivity index (χ2v) is 14.7. The summed E-state index contributed by atoms with van der Waals surface area (Å²) >= 11 is 0. The number of benzene rings is 8. The van der Waals surface area contributed by atoms with Crippen molar-refractivity contribution in [3.8, 4) is 50.6 Å². The SMILES string of the molecule is FC(F)(F)c1cc2nc(-c3ccccc3)c(-c3ccccc3)nc2c2c1c(-c1cccc(-c3ccc(-n4c5ccccc5c5ccccc54)cc3)c1)nc1ccccc12. The predicted octanol–water partition coefficient (Wildman–Crippen LogP) is 14.1. The van der Waals surface area contributed by atoms with Gasteiger partial charge in [-0.05, 0) is 53.6 Å². The van der Waals surface area contributed by atoms with E-state index in [-0.39, 0.29) is 16.6 Å². The molecule has 8 aromatic carbocycles. The van der Waals surface area contributed by atoms with Gasteiger partial charge in [0.15, 0.2) is 0 Å². The highest BCUT2D eigenvalue weighted by Crippen LogP contribution is 2.46. The predicted molar refractivity (Wildman–Crippen MR) is 233 cm³/mol. The Morgan fingerprint density at radius 1 is 0.373 bits per heavy atom. The van der Waals surface area contributed by atoms with Crippen molar-refractivity contribution in [3.05, 3.63) is 194 Å². The molecule has 0 aliphatic carbocycles. The van der Waals surface area contributed by atoms with Gasteiger partial charge in [-0.25, -0.2) is 15.0 Å². The van der Waals surface area contributed by atoms with E-state index in [1.54, 1.807) is 0 Å². The first-order valence-electron chi connectivity index (χ1n) is 19.4. The van der Waals surface area contributed by atoms with E-state index in [1.165, 1.54) is 10.8 Å². The topological polar surface area (TPSA) is 43.6 Å². The normalized spacial score (nSPS) is 12.0. The minimum atomic E-state index is -4.72. The molecule has 0 bridgehead atoms. The Morgan fingerprint density at radius 3 is 1.54 bits per heavy atom. The van der Waals surface area contributed by atoms with Crippen LogP contribution in [0.15, 0.2) is 188 Å². The lowest BCUT2D eigenvalue weighted by molar-refractivity contribution is -0.136. The van der Waals surface area contributed by atoms with Crippen LogP contribution < -0.4 is 0 Å². The zero-order valence-corrected chi connectivity index (χ0v) is 31.3. The summed E-state index contributed by atoms with van der Waals surface area (Å²) in [5.74, 6) is 0. The van der Waals surface area contributed by atoms with Gasteiger partial charge in [0, 0.05) is 49.3 Å². The first-order valence-corrected chi connectivity index (χ1v) is 19.4. The van der Waals surface area contributed by atoms with Gasteiger partial charge in [0.2, 0.25) is 0 Å². The Balaban J connectivity index is 1.13. The van der Waals surface area contributed by atoms with Gasteiger partial charge < -0.3 is 4.57 Å². The van der Waals surface area contributed by atoms with E-state index in [0.717, 1.165) is 45.0 Å². The highest BCUT2D eigenvalue weighted by atomic mass is 19.4. The molecule has 280 valence electrons. The second-order valence-electron chi connectivity index (χ2n) is 14.7. The highest BCUT2D eigenvalue weighted by molar-refractivity contribution is 6.22. The van der Waals surface area contributed by atoms with Gasteiger partial charge in [0.05, 0.1) is 50.2 Å². The summed E-state index contributed by atoms with van der Waals surface area (Å²) in [6.45, 7) is 0. The number of hydrogen-bond donors (Lipinski definition) is 0. The molecule has 0 amide bonds. The Morgan fingerprint density at radius 2 is 0.898 bits per heavy atom. The molecule has 59 heavy (non-hydrogen) atoms. The molecule has 0 radical (unpaired) electrons. The molecule has 0 atom stereocenters. The van der Waals surface area contributed by atoms with Gasteiger partial charge in [-0.2, -0.15) is 13.2 Å². The third-order valence-corrected chi connectivity index (χ3v) is 11.2. The van der Waals surface area contributed by atoms with Crippen LogP contribution in [0.2, 0.25) is 0 Å². The number of alkyl halides is 3. The van der Waals surface area contributed by atoms with Gasteiger partial charge in [-0.15, -0.1) is 0 Å². The van der Waals surface area contributed by atoms with E-state index in [2.05, 4.69) is 65.2 Å².